The summed E-state index contributed by atoms with van der Waals surface area (Å²) < 4.78 is 0. The van der Waals surface area contributed by atoms with E-state index in [1.807, 2.05) is 48.7 Å². The van der Waals surface area contributed by atoms with Crippen LogP contribution in [0.2, 0.25) is 5.02 Å². The lowest BCUT2D eigenvalue weighted by molar-refractivity contribution is 0.993. The van der Waals surface area contributed by atoms with Crippen molar-refractivity contribution in [3.05, 3.63) is 53.1 Å². The molecule has 2 aromatic carbocycles. The minimum atomic E-state index is 0.451. The quantitative estimate of drug-likeness (QED) is 0.625. The number of rotatable bonds is 1. The third kappa shape index (κ3) is 2.43. The summed E-state index contributed by atoms with van der Waals surface area (Å²) in [7, 11) is 0. The van der Waals surface area contributed by atoms with Crippen LogP contribution in [-0.2, 0) is 0 Å². The van der Waals surface area contributed by atoms with Gasteiger partial charge in [-0.1, -0.05) is 35.9 Å². The van der Waals surface area contributed by atoms with E-state index in [9.17, 15) is 0 Å². The van der Waals surface area contributed by atoms with Crippen LogP contribution >= 0.6 is 11.6 Å². The Bertz CT molecular complexity index is 707. The molecule has 0 unspecified atom stereocenters. The van der Waals surface area contributed by atoms with Gasteiger partial charge in [-0.25, -0.2) is 10.8 Å². The Hall–Kier alpha value is -2.17. The van der Waals surface area contributed by atoms with Gasteiger partial charge in [-0.05, 0) is 23.8 Å². The number of nitrogens with two attached hydrogens (primary N) is 1. The van der Waals surface area contributed by atoms with Gasteiger partial charge in [0.2, 0.25) is 0 Å². The summed E-state index contributed by atoms with van der Waals surface area (Å²) in [5.41, 5.74) is 6.39. The van der Waals surface area contributed by atoms with E-state index in [0.29, 0.717) is 12.4 Å². The number of benzene rings is 2. The molecule has 3 rings (SSSR count). The zero-order chi connectivity index (χ0) is 13.9. The molecule has 0 bridgehead atoms. The Morgan fingerprint density at radius 3 is 2.80 bits per heavy atom. The fourth-order valence-electron chi connectivity index (χ4n) is 2.11. The van der Waals surface area contributed by atoms with Gasteiger partial charge in [-0.3, -0.25) is 4.99 Å². The molecule has 0 saturated carbocycles. The van der Waals surface area contributed by atoms with Gasteiger partial charge in [0.25, 0.3) is 0 Å². The van der Waals surface area contributed by atoms with E-state index in [1.54, 1.807) is 0 Å². The number of hydrogen-bond donors (Lipinski definition) is 2. The number of halogens is 1. The number of hydrazine groups is 1. The second-order valence-electron chi connectivity index (χ2n) is 4.43. The normalized spacial score (nSPS) is 13.4. The van der Waals surface area contributed by atoms with Crippen LogP contribution in [0.4, 0.5) is 5.69 Å². The molecule has 1 heterocycles. The lowest BCUT2D eigenvalue weighted by Gasteiger charge is -2.07. The summed E-state index contributed by atoms with van der Waals surface area (Å²) in [5.74, 6) is 6.04. The first-order chi connectivity index (χ1) is 9.78. The molecule has 0 radical (unpaired) electrons. The maximum atomic E-state index is 6.23. The largest absolute Gasteiger partial charge is 0.310 e. The zero-order valence-electron chi connectivity index (χ0n) is 10.7. The van der Waals surface area contributed by atoms with Gasteiger partial charge >= 0.3 is 0 Å². The second kappa shape index (κ2) is 5.45. The van der Waals surface area contributed by atoms with Crippen molar-refractivity contribution in [2.45, 2.75) is 0 Å². The van der Waals surface area contributed by atoms with Crippen LogP contribution in [0, 0.1) is 0 Å². The molecule has 1 aliphatic heterocycles. The molecule has 0 aliphatic carbocycles. The summed E-state index contributed by atoms with van der Waals surface area (Å²) in [6, 6.07) is 13.7. The highest BCUT2D eigenvalue weighted by molar-refractivity contribution is 6.33. The molecule has 100 valence electrons. The standard InChI is InChI=1S/C15H13ClN4/c16-13-4-2-1-3-12(13)10-5-6-14-11(7-10)8-18-9-15(19-14)20-17/h1-8H,9,17H2,(H,19,20). The van der Waals surface area contributed by atoms with Crippen molar-refractivity contribution in [1.82, 2.24) is 5.43 Å². The Labute approximate surface area is 122 Å². The monoisotopic (exact) mass is 284 g/mol. The zero-order valence-corrected chi connectivity index (χ0v) is 11.4. The predicted octanol–water partition coefficient (Wildman–Crippen LogP) is 2.93. The van der Waals surface area contributed by atoms with Gasteiger partial charge in [0, 0.05) is 22.4 Å². The van der Waals surface area contributed by atoms with Crippen molar-refractivity contribution < 1.29 is 0 Å². The summed E-state index contributed by atoms with van der Waals surface area (Å²) in [5, 5.41) is 0.728. The number of fused-ring (bicyclic) bond motifs is 1. The van der Waals surface area contributed by atoms with Crippen molar-refractivity contribution in [1.29, 1.82) is 0 Å². The minimum Gasteiger partial charge on any atom is -0.310 e. The van der Waals surface area contributed by atoms with Crippen molar-refractivity contribution in [2.75, 3.05) is 6.54 Å². The van der Waals surface area contributed by atoms with Crippen LogP contribution in [0.15, 0.2) is 52.4 Å². The van der Waals surface area contributed by atoms with E-state index in [4.69, 9.17) is 17.4 Å². The van der Waals surface area contributed by atoms with Gasteiger partial charge in [0.1, 0.15) is 5.84 Å². The van der Waals surface area contributed by atoms with Gasteiger partial charge in [0.15, 0.2) is 0 Å². The van der Waals surface area contributed by atoms with Gasteiger partial charge in [0.05, 0.1) is 12.2 Å². The van der Waals surface area contributed by atoms with E-state index >= 15 is 0 Å². The molecular formula is C15H13ClN4. The van der Waals surface area contributed by atoms with Crippen LogP contribution in [0.5, 0.6) is 0 Å². The molecule has 4 nitrogen and oxygen atoms in total. The number of aliphatic imine (C=N–C) groups is 2. The number of nitrogens with zero attached hydrogens (tertiary/aromatic N) is 2. The van der Waals surface area contributed by atoms with Crippen molar-refractivity contribution >= 4 is 29.3 Å². The number of hydrogen-bond acceptors (Lipinski definition) is 4. The Balaban J connectivity index is 2.09. The van der Waals surface area contributed by atoms with Crippen molar-refractivity contribution in [3.8, 4) is 11.1 Å². The lowest BCUT2D eigenvalue weighted by atomic mass is 10.0. The third-order valence-corrected chi connectivity index (χ3v) is 3.44. The first-order valence-corrected chi connectivity index (χ1v) is 6.58. The molecule has 3 N–H and O–H groups in total. The second-order valence-corrected chi connectivity index (χ2v) is 4.83. The van der Waals surface area contributed by atoms with Gasteiger partial charge in [-0.15, -0.1) is 0 Å². The molecule has 0 spiro atoms. The van der Waals surface area contributed by atoms with Gasteiger partial charge in [-0.2, -0.15) is 0 Å². The SMILES string of the molecule is NNC1=Nc2ccc(-c3ccccc3Cl)cc2C=NC1. The molecule has 5 heteroatoms. The van der Waals surface area contributed by atoms with Crippen LogP contribution in [0.1, 0.15) is 5.56 Å². The molecule has 0 fully saturated rings. The van der Waals surface area contributed by atoms with Crippen LogP contribution in [0.25, 0.3) is 11.1 Å². The first kappa shape index (κ1) is 12.8. The lowest BCUT2D eigenvalue weighted by Crippen LogP contribution is -2.31. The van der Waals surface area contributed by atoms with Crippen LogP contribution < -0.4 is 11.3 Å². The van der Waals surface area contributed by atoms with Crippen LogP contribution in [0.3, 0.4) is 0 Å². The highest BCUT2D eigenvalue weighted by Gasteiger charge is 2.09. The third-order valence-electron chi connectivity index (χ3n) is 3.11. The Morgan fingerprint density at radius 2 is 2.00 bits per heavy atom. The summed E-state index contributed by atoms with van der Waals surface area (Å²) in [4.78, 5) is 8.73. The first-order valence-electron chi connectivity index (χ1n) is 6.21. The highest BCUT2D eigenvalue weighted by Crippen LogP contribution is 2.31. The fourth-order valence-corrected chi connectivity index (χ4v) is 2.36. The van der Waals surface area contributed by atoms with E-state index < -0.39 is 0 Å². The topological polar surface area (TPSA) is 62.8 Å². The fraction of sp³-hybridized carbons (Fsp3) is 0.0667. The Morgan fingerprint density at radius 1 is 1.15 bits per heavy atom. The minimum absolute atomic E-state index is 0.451. The number of amidine groups is 1. The van der Waals surface area contributed by atoms with Crippen molar-refractivity contribution in [2.24, 2.45) is 15.8 Å². The summed E-state index contributed by atoms with van der Waals surface area (Å²) in [6.45, 7) is 0.451. The smallest absolute Gasteiger partial charge is 0.138 e. The van der Waals surface area contributed by atoms with Crippen molar-refractivity contribution in [3.63, 3.8) is 0 Å². The van der Waals surface area contributed by atoms with E-state index in [0.717, 1.165) is 27.4 Å². The molecule has 0 atom stereocenters. The summed E-state index contributed by atoms with van der Waals surface area (Å²) >= 11 is 6.23. The Kier molecular flexibility index (Phi) is 3.50. The van der Waals surface area contributed by atoms with Gasteiger partial charge < -0.3 is 5.43 Å². The molecule has 0 aromatic heterocycles. The van der Waals surface area contributed by atoms with E-state index in [-0.39, 0.29) is 0 Å². The average Bonchev–Trinajstić information content (AvgIpc) is 2.68. The maximum absolute atomic E-state index is 6.23. The molecule has 2 aromatic rings. The maximum Gasteiger partial charge on any atom is 0.138 e. The van der Waals surface area contributed by atoms with Crippen LogP contribution in [-0.4, -0.2) is 18.6 Å². The molecule has 0 saturated heterocycles. The number of nitrogens with one attached hydrogen (secondary N) is 1. The molecule has 1 aliphatic rings. The highest BCUT2D eigenvalue weighted by atomic mass is 35.5. The molecular weight excluding hydrogens is 272 g/mol. The van der Waals surface area contributed by atoms with E-state index in [1.165, 1.54) is 0 Å². The predicted molar refractivity (Wildman–Crippen MR) is 83.8 cm³/mol. The van der Waals surface area contributed by atoms with E-state index in [2.05, 4.69) is 15.4 Å². The molecule has 20 heavy (non-hydrogen) atoms. The average molecular weight is 285 g/mol. The summed E-state index contributed by atoms with van der Waals surface area (Å²) in [6.07, 6.45) is 1.81. The molecule has 0 amide bonds.